The minimum atomic E-state index is 0.333. The van der Waals surface area contributed by atoms with Gasteiger partial charge in [-0.3, -0.25) is 9.89 Å². The second-order valence-electron chi connectivity index (χ2n) is 6.75. The van der Waals surface area contributed by atoms with E-state index in [1.807, 2.05) is 25.3 Å². The number of ether oxygens (including phenoxy) is 1. The van der Waals surface area contributed by atoms with Crippen molar-refractivity contribution in [3.8, 4) is 0 Å². The predicted octanol–water partition coefficient (Wildman–Crippen LogP) is 2.90. The zero-order valence-electron chi connectivity index (χ0n) is 16.6. The quantitative estimate of drug-likeness (QED) is 0.589. The van der Waals surface area contributed by atoms with E-state index in [1.165, 1.54) is 9.75 Å². The van der Waals surface area contributed by atoms with Crippen molar-refractivity contribution in [2.75, 3.05) is 46.9 Å². The highest BCUT2D eigenvalue weighted by molar-refractivity contribution is 7.12. The van der Waals surface area contributed by atoms with E-state index in [2.05, 4.69) is 56.6 Å². The maximum atomic E-state index is 5.55. The van der Waals surface area contributed by atoms with E-state index in [1.54, 1.807) is 11.3 Å². The zero-order chi connectivity index (χ0) is 19.2. The standard InChI is InChI=1S/C19H29N5OS2/c1-14-5-6-18(27-14)17(24-7-9-25-10-8-24)11-21-19(20-3)23(4)12-16-13-26-15(2)22-16/h5-6,13,17H,7-12H2,1-4H3,(H,20,21). The fourth-order valence-electron chi connectivity index (χ4n) is 3.30. The molecule has 0 aliphatic carbocycles. The number of guanidine groups is 1. The van der Waals surface area contributed by atoms with Gasteiger partial charge >= 0.3 is 0 Å². The number of morpholine rings is 1. The van der Waals surface area contributed by atoms with Gasteiger partial charge < -0.3 is 15.0 Å². The van der Waals surface area contributed by atoms with Gasteiger partial charge in [-0.1, -0.05) is 0 Å². The second kappa shape index (κ2) is 9.64. The van der Waals surface area contributed by atoms with Crippen LogP contribution in [0.2, 0.25) is 0 Å². The van der Waals surface area contributed by atoms with Crippen LogP contribution < -0.4 is 5.32 Å². The lowest BCUT2D eigenvalue weighted by molar-refractivity contribution is 0.0176. The smallest absolute Gasteiger partial charge is 0.193 e. The molecule has 0 spiro atoms. The topological polar surface area (TPSA) is 53.0 Å². The van der Waals surface area contributed by atoms with Gasteiger partial charge in [0.1, 0.15) is 0 Å². The lowest BCUT2D eigenvalue weighted by Crippen LogP contribution is -2.46. The summed E-state index contributed by atoms with van der Waals surface area (Å²) in [6, 6.07) is 4.80. The first-order chi connectivity index (χ1) is 13.1. The van der Waals surface area contributed by atoms with Gasteiger partial charge in [-0.05, 0) is 26.0 Å². The van der Waals surface area contributed by atoms with Crippen molar-refractivity contribution < 1.29 is 4.74 Å². The molecule has 1 atom stereocenters. The number of nitrogens with one attached hydrogen (secondary N) is 1. The molecular formula is C19H29N5OS2. The van der Waals surface area contributed by atoms with E-state index >= 15 is 0 Å². The third-order valence-corrected chi connectivity index (χ3v) is 6.59. The molecule has 0 aromatic carbocycles. The SMILES string of the molecule is CN=C(NCC(c1ccc(C)s1)N1CCOCC1)N(C)Cc1csc(C)n1. The van der Waals surface area contributed by atoms with Gasteiger partial charge in [-0.25, -0.2) is 4.98 Å². The fourth-order valence-corrected chi connectivity index (χ4v) is 4.92. The van der Waals surface area contributed by atoms with Crippen LogP contribution in [-0.4, -0.2) is 67.7 Å². The highest BCUT2D eigenvalue weighted by Gasteiger charge is 2.24. The molecule has 1 aliphatic rings. The van der Waals surface area contributed by atoms with Gasteiger partial charge in [0.15, 0.2) is 5.96 Å². The van der Waals surface area contributed by atoms with E-state index < -0.39 is 0 Å². The first-order valence-corrected chi connectivity index (χ1v) is 11.0. The van der Waals surface area contributed by atoms with E-state index in [-0.39, 0.29) is 0 Å². The molecule has 3 rings (SSSR count). The largest absolute Gasteiger partial charge is 0.379 e. The molecule has 1 unspecified atom stereocenters. The Morgan fingerprint density at radius 3 is 2.74 bits per heavy atom. The van der Waals surface area contributed by atoms with Crippen LogP contribution in [0.3, 0.4) is 0 Å². The summed E-state index contributed by atoms with van der Waals surface area (Å²) in [6.45, 7) is 9.33. The van der Waals surface area contributed by atoms with Gasteiger partial charge in [0, 0.05) is 48.9 Å². The van der Waals surface area contributed by atoms with Crippen LogP contribution in [0.25, 0.3) is 0 Å². The number of thiophene rings is 1. The Labute approximate surface area is 169 Å². The van der Waals surface area contributed by atoms with Gasteiger partial charge in [0.2, 0.25) is 0 Å². The van der Waals surface area contributed by atoms with Crippen LogP contribution >= 0.6 is 22.7 Å². The summed E-state index contributed by atoms with van der Waals surface area (Å²) in [6.07, 6.45) is 0. The number of aryl methyl sites for hydroxylation is 2. The lowest BCUT2D eigenvalue weighted by Gasteiger charge is -2.35. The number of thiazole rings is 1. The van der Waals surface area contributed by atoms with Gasteiger partial charge in [-0.15, -0.1) is 22.7 Å². The van der Waals surface area contributed by atoms with E-state index in [0.717, 1.165) is 56.1 Å². The molecule has 1 fully saturated rings. The summed E-state index contributed by atoms with van der Waals surface area (Å²) in [5, 5.41) is 6.79. The number of nitrogens with zero attached hydrogens (tertiary/aromatic N) is 4. The summed E-state index contributed by atoms with van der Waals surface area (Å²) in [5.74, 6) is 0.896. The van der Waals surface area contributed by atoms with E-state index in [0.29, 0.717) is 6.04 Å². The van der Waals surface area contributed by atoms with Crippen molar-refractivity contribution in [2.45, 2.75) is 26.4 Å². The number of aromatic nitrogens is 1. The molecule has 3 heterocycles. The first kappa shape index (κ1) is 20.3. The Morgan fingerprint density at radius 1 is 1.37 bits per heavy atom. The second-order valence-corrected chi connectivity index (χ2v) is 9.14. The number of aliphatic imine (C=N–C) groups is 1. The number of hydrogen-bond donors (Lipinski definition) is 1. The van der Waals surface area contributed by atoms with Crippen LogP contribution in [0.5, 0.6) is 0 Å². The maximum Gasteiger partial charge on any atom is 0.193 e. The molecule has 1 saturated heterocycles. The van der Waals surface area contributed by atoms with Crippen LogP contribution in [0.15, 0.2) is 22.5 Å². The Bertz CT molecular complexity index is 751. The molecule has 1 N–H and O–H groups in total. The average Bonchev–Trinajstić information content (AvgIpc) is 3.27. The van der Waals surface area contributed by atoms with Gasteiger partial charge in [0.05, 0.1) is 36.5 Å². The van der Waals surface area contributed by atoms with Crippen molar-refractivity contribution in [3.63, 3.8) is 0 Å². The Balaban J connectivity index is 1.65. The van der Waals surface area contributed by atoms with Crippen molar-refractivity contribution in [2.24, 2.45) is 4.99 Å². The number of rotatable bonds is 6. The zero-order valence-corrected chi connectivity index (χ0v) is 18.2. The van der Waals surface area contributed by atoms with Gasteiger partial charge in [-0.2, -0.15) is 0 Å². The summed E-state index contributed by atoms with van der Waals surface area (Å²) in [5.41, 5.74) is 1.08. The molecule has 0 radical (unpaired) electrons. The van der Waals surface area contributed by atoms with Crippen molar-refractivity contribution in [1.29, 1.82) is 0 Å². The molecular weight excluding hydrogens is 378 g/mol. The molecule has 0 bridgehead atoms. The van der Waals surface area contributed by atoms with Crippen LogP contribution in [0.4, 0.5) is 0 Å². The normalized spacial score (nSPS) is 17.1. The summed E-state index contributed by atoms with van der Waals surface area (Å²) < 4.78 is 5.55. The Morgan fingerprint density at radius 2 is 2.15 bits per heavy atom. The molecule has 2 aromatic heterocycles. The van der Waals surface area contributed by atoms with E-state index in [4.69, 9.17) is 4.74 Å². The summed E-state index contributed by atoms with van der Waals surface area (Å²) in [4.78, 5) is 16.4. The Kier molecular flexibility index (Phi) is 7.23. The third kappa shape index (κ3) is 5.51. The third-order valence-electron chi connectivity index (χ3n) is 4.67. The van der Waals surface area contributed by atoms with Gasteiger partial charge in [0.25, 0.3) is 0 Å². The number of hydrogen-bond acceptors (Lipinski definition) is 6. The van der Waals surface area contributed by atoms with Crippen molar-refractivity contribution in [3.05, 3.63) is 38.0 Å². The van der Waals surface area contributed by atoms with Crippen molar-refractivity contribution >= 4 is 28.6 Å². The molecule has 8 heteroatoms. The minimum absolute atomic E-state index is 0.333. The predicted molar refractivity (Wildman–Crippen MR) is 114 cm³/mol. The minimum Gasteiger partial charge on any atom is -0.379 e. The molecule has 0 amide bonds. The summed E-state index contributed by atoms with van der Waals surface area (Å²) in [7, 11) is 3.90. The molecule has 27 heavy (non-hydrogen) atoms. The fraction of sp³-hybridized carbons (Fsp3) is 0.579. The maximum absolute atomic E-state index is 5.55. The monoisotopic (exact) mass is 407 g/mol. The van der Waals surface area contributed by atoms with Crippen LogP contribution in [0, 0.1) is 13.8 Å². The van der Waals surface area contributed by atoms with Crippen LogP contribution in [-0.2, 0) is 11.3 Å². The molecule has 6 nitrogen and oxygen atoms in total. The first-order valence-electron chi connectivity index (χ1n) is 9.27. The van der Waals surface area contributed by atoms with Crippen LogP contribution in [0.1, 0.15) is 26.5 Å². The highest BCUT2D eigenvalue weighted by atomic mass is 32.1. The molecule has 148 valence electrons. The van der Waals surface area contributed by atoms with Crippen molar-refractivity contribution in [1.82, 2.24) is 20.1 Å². The lowest BCUT2D eigenvalue weighted by atomic mass is 10.2. The Hall–Kier alpha value is -1.48. The molecule has 0 saturated carbocycles. The molecule has 1 aliphatic heterocycles. The average molecular weight is 408 g/mol. The molecule has 2 aromatic rings. The highest BCUT2D eigenvalue weighted by Crippen LogP contribution is 2.28. The summed E-state index contributed by atoms with van der Waals surface area (Å²) >= 11 is 3.57. The van der Waals surface area contributed by atoms with E-state index in [9.17, 15) is 0 Å².